The Hall–Kier alpha value is -2.82. The molecule has 2 fully saturated rings. The number of amides is 2. The molecule has 0 aromatic heterocycles. The van der Waals surface area contributed by atoms with Gasteiger partial charge in [0.15, 0.2) is 0 Å². The first-order valence-corrected chi connectivity index (χ1v) is 9.96. The fourth-order valence-corrected chi connectivity index (χ4v) is 4.19. The van der Waals surface area contributed by atoms with Crippen molar-refractivity contribution in [3.8, 4) is 5.75 Å². The summed E-state index contributed by atoms with van der Waals surface area (Å²) in [6.45, 7) is 2.30. The molecule has 2 aliphatic rings. The van der Waals surface area contributed by atoms with E-state index in [0.717, 1.165) is 50.3 Å². The van der Waals surface area contributed by atoms with E-state index in [2.05, 4.69) is 12.1 Å². The monoisotopic (exact) mass is 378 g/mol. The molecule has 5 heteroatoms. The van der Waals surface area contributed by atoms with Gasteiger partial charge in [0, 0.05) is 37.3 Å². The van der Waals surface area contributed by atoms with E-state index < -0.39 is 0 Å². The lowest BCUT2D eigenvalue weighted by Gasteiger charge is -2.19. The molecule has 0 bridgehead atoms. The molecular formula is C23H26N2O3. The van der Waals surface area contributed by atoms with Crippen LogP contribution in [0, 0.1) is 5.92 Å². The number of carbonyl (C=O) groups excluding carboxylic acids is 2. The standard InChI is InChI=1S/C23H26N2O3/c1-28-21-9-7-17(8-10-21)14-18-11-13-24(16-18)23(27)19-4-2-5-20(15-19)25-12-3-6-22(25)26/h2,4-5,7-10,15,18H,3,6,11-14,16H2,1H3. The molecule has 0 spiro atoms. The summed E-state index contributed by atoms with van der Waals surface area (Å²) in [7, 11) is 1.67. The van der Waals surface area contributed by atoms with Crippen molar-refractivity contribution in [3.63, 3.8) is 0 Å². The number of rotatable bonds is 5. The first-order chi connectivity index (χ1) is 13.6. The highest BCUT2D eigenvalue weighted by molar-refractivity contribution is 5.99. The molecule has 0 aliphatic carbocycles. The van der Waals surface area contributed by atoms with Crippen molar-refractivity contribution in [2.45, 2.75) is 25.7 Å². The Kier molecular flexibility index (Phi) is 5.33. The Morgan fingerprint density at radius 1 is 1.14 bits per heavy atom. The van der Waals surface area contributed by atoms with Gasteiger partial charge in [0.1, 0.15) is 5.75 Å². The van der Waals surface area contributed by atoms with Crippen LogP contribution in [0.15, 0.2) is 48.5 Å². The van der Waals surface area contributed by atoms with Crippen LogP contribution in [-0.2, 0) is 11.2 Å². The van der Waals surface area contributed by atoms with Gasteiger partial charge in [0.25, 0.3) is 5.91 Å². The second-order valence-electron chi connectivity index (χ2n) is 7.66. The van der Waals surface area contributed by atoms with E-state index in [1.165, 1.54) is 5.56 Å². The minimum atomic E-state index is 0.0609. The summed E-state index contributed by atoms with van der Waals surface area (Å²) < 4.78 is 5.21. The molecule has 146 valence electrons. The fourth-order valence-electron chi connectivity index (χ4n) is 4.19. The topological polar surface area (TPSA) is 49.9 Å². The van der Waals surface area contributed by atoms with Crippen molar-refractivity contribution in [2.24, 2.45) is 5.92 Å². The summed E-state index contributed by atoms with van der Waals surface area (Å²) in [6.07, 6.45) is 3.46. The van der Waals surface area contributed by atoms with Gasteiger partial charge < -0.3 is 14.5 Å². The maximum Gasteiger partial charge on any atom is 0.253 e. The fraction of sp³-hybridized carbons (Fsp3) is 0.391. The number of methoxy groups -OCH3 is 1. The van der Waals surface area contributed by atoms with Crippen LogP contribution in [0.1, 0.15) is 35.2 Å². The number of ether oxygens (including phenoxy) is 1. The van der Waals surface area contributed by atoms with Crippen LogP contribution in [0.3, 0.4) is 0 Å². The molecule has 0 radical (unpaired) electrons. The molecule has 5 nitrogen and oxygen atoms in total. The highest BCUT2D eigenvalue weighted by atomic mass is 16.5. The van der Waals surface area contributed by atoms with E-state index in [1.54, 1.807) is 12.0 Å². The molecule has 2 aromatic carbocycles. The largest absolute Gasteiger partial charge is 0.497 e. The third kappa shape index (κ3) is 3.88. The zero-order chi connectivity index (χ0) is 19.5. The van der Waals surface area contributed by atoms with Crippen molar-refractivity contribution in [1.82, 2.24) is 4.90 Å². The average Bonchev–Trinajstić information content (AvgIpc) is 3.37. The summed E-state index contributed by atoms with van der Waals surface area (Å²) in [4.78, 5) is 28.7. The molecule has 2 amide bonds. The van der Waals surface area contributed by atoms with Gasteiger partial charge in [-0.2, -0.15) is 0 Å². The van der Waals surface area contributed by atoms with Gasteiger partial charge in [-0.3, -0.25) is 9.59 Å². The van der Waals surface area contributed by atoms with Crippen molar-refractivity contribution in [2.75, 3.05) is 31.6 Å². The number of anilines is 1. The van der Waals surface area contributed by atoms with E-state index in [4.69, 9.17) is 4.74 Å². The molecule has 1 atom stereocenters. The van der Waals surface area contributed by atoms with Gasteiger partial charge >= 0.3 is 0 Å². The van der Waals surface area contributed by atoms with Crippen LogP contribution in [0.25, 0.3) is 0 Å². The molecule has 2 saturated heterocycles. The predicted molar refractivity (Wildman–Crippen MR) is 109 cm³/mol. The first kappa shape index (κ1) is 18.5. The normalized spacial score (nSPS) is 19.3. The van der Waals surface area contributed by atoms with Crippen LogP contribution in [0.4, 0.5) is 5.69 Å². The second-order valence-corrected chi connectivity index (χ2v) is 7.66. The van der Waals surface area contributed by atoms with E-state index in [0.29, 0.717) is 17.9 Å². The Labute approximate surface area is 165 Å². The number of likely N-dealkylation sites (tertiary alicyclic amines) is 1. The molecule has 0 N–H and O–H groups in total. The lowest BCUT2D eigenvalue weighted by atomic mass is 9.99. The summed E-state index contributed by atoms with van der Waals surface area (Å²) in [5.74, 6) is 1.54. The van der Waals surface area contributed by atoms with Crippen LogP contribution >= 0.6 is 0 Å². The van der Waals surface area contributed by atoms with Crippen molar-refractivity contribution < 1.29 is 14.3 Å². The van der Waals surface area contributed by atoms with E-state index in [9.17, 15) is 9.59 Å². The lowest BCUT2D eigenvalue weighted by molar-refractivity contribution is -0.117. The van der Waals surface area contributed by atoms with Crippen molar-refractivity contribution in [1.29, 1.82) is 0 Å². The second kappa shape index (κ2) is 8.05. The summed E-state index contributed by atoms with van der Waals surface area (Å²) in [5.41, 5.74) is 2.78. The smallest absolute Gasteiger partial charge is 0.253 e. The van der Waals surface area contributed by atoms with Gasteiger partial charge in [-0.25, -0.2) is 0 Å². The Morgan fingerprint density at radius 3 is 2.68 bits per heavy atom. The average molecular weight is 378 g/mol. The molecule has 0 saturated carbocycles. The van der Waals surface area contributed by atoms with Gasteiger partial charge in [-0.05, 0) is 61.1 Å². The van der Waals surface area contributed by atoms with Crippen molar-refractivity contribution in [3.05, 3.63) is 59.7 Å². The number of hydrogen-bond acceptors (Lipinski definition) is 3. The van der Waals surface area contributed by atoms with E-state index in [-0.39, 0.29) is 11.8 Å². The van der Waals surface area contributed by atoms with Crippen molar-refractivity contribution >= 4 is 17.5 Å². The summed E-state index contributed by atoms with van der Waals surface area (Å²) >= 11 is 0. The number of carbonyl (C=O) groups is 2. The predicted octanol–water partition coefficient (Wildman–Crippen LogP) is 3.53. The van der Waals surface area contributed by atoms with Crippen LogP contribution in [0.5, 0.6) is 5.75 Å². The Balaban J connectivity index is 1.39. The van der Waals surface area contributed by atoms with E-state index >= 15 is 0 Å². The zero-order valence-electron chi connectivity index (χ0n) is 16.3. The third-order valence-corrected chi connectivity index (χ3v) is 5.73. The minimum Gasteiger partial charge on any atom is -0.497 e. The number of nitrogens with zero attached hydrogens (tertiary/aromatic N) is 2. The third-order valence-electron chi connectivity index (χ3n) is 5.73. The maximum atomic E-state index is 13.0. The summed E-state index contributed by atoms with van der Waals surface area (Å²) in [5, 5.41) is 0. The quantitative estimate of drug-likeness (QED) is 0.800. The van der Waals surface area contributed by atoms with Crippen LogP contribution in [0.2, 0.25) is 0 Å². The van der Waals surface area contributed by atoms with Crippen LogP contribution in [-0.4, -0.2) is 43.5 Å². The van der Waals surface area contributed by atoms with Crippen LogP contribution < -0.4 is 9.64 Å². The maximum absolute atomic E-state index is 13.0. The van der Waals surface area contributed by atoms with Gasteiger partial charge in [-0.15, -0.1) is 0 Å². The Morgan fingerprint density at radius 2 is 1.96 bits per heavy atom. The molecule has 4 rings (SSSR count). The highest BCUT2D eigenvalue weighted by Crippen LogP contribution is 2.26. The molecule has 2 heterocycles. The van der Waals surface area contributed by atoms with Gasteiger partial charge in [0.05, 0.1) is 7.11 Å². The molecule has 28 heavy (non-hydrogen) atoms. The first-order valence-electron chi connectivity index (χ1n) is 9.96. The molecule has 2 aliphatic heterocycles. The zero-order valence-corrected chi connectivity index (χ0v) is 16.3. The summed E-state index contributed by atoms with van der Waals surface area (Å²) in [6, 6.07) is 15.7. The minimum absolute atomic E-state index is 0.0609. The lowest BCUT2D eigenvalue weighted by Crippen LogP contribution is -2.29. The molecular weight excluding hydrogens is 352 g/mol. The molecule has 2 aromatic rings. The SMILES string of the molecule is COc1ccc(CC2CCN(C(=O)c3cccc(N4CCCC4=O)c3)C2)cc1. The van der Waals surface area contributed by atoms with Gasteiger partial charge in [0.2, 0.25) is 5.91 Å². The van der Waals surface area contributed by atoms with Gasteiger partial charge in [-0.1, -0.05) is 18.2 Å². The number of hydrogen-bond donors (Lipinski definition) is 0. The Bertz CT molecular complexity index is 862. The van der Waals surface area contributed by atoms with E-state index in [1.807, 2.05) is 41.3 Å². The molecule has 1 unspecified atom stereocenters. The highest BCUT2D eigenvalue weighted by Gasteiger charge is 2.28. The number of benzene rings is 2.